The Balaban J connectivity index is 1.82. The predicted molar refractivity (Wildman–Crippen MR) is 94.7 cm³/mol. The van der Waals surface area contributed by atoms with E-state index in [4.69, 9.17) is 4.74 Å². The Hall–Kier alpha value is -1.94. The van der Waals surface area contributed by atoms with E-state index in [1.165, 1.54) is 16.7 Å². The average molecular weight is 327 g/mol. The highest BCUT2D eigenvalue weighted by Crippen LogP contribution is 2.40. The lowest BCUT2D eigenvalue weighted by atomic mass is 10.1. The number of hydrogen-bond donors (Lipinski definition) is 0. The summed E-state index contributed by atoms with van der Waals surface area (Å²) in [5.74, 6) is 1.59. The smallest absolute Gasteiger partial charge is 0.234 e. The molecule has 0 radical (unpaired) electrons. The Morgan fingerprint density at radius 1 is 1.13 bits per heavy atom. The molecule has 2 aromatic carbocycles. The second kappa shape index (κ2) is 6.67. The number of nitrogens with zero attached hydrogens (tertiary/aromatic N) is 1. The highest BCUT2D eigenvalue weighted by molar-refractivity contribution is 8.00. The lowest BCUT2D eigenvalue weighted by Gasteiger charge is -2.25. The first-order valence-corrected chi connectivity index (χ1v) is 8.74. The number of aryl methyl sites for hydroxylation is 2. The predicted octanol–water partition coefficient (Wildman–Crippen LogP) is 4.09. The zero-order valence-electron chi connectivity index (χ0n) is 13.7. The minimum Gasteiger partial charge on any atom is -0.497 e. The summed E-state index contributed by atoms with van der Waals surface area (Å²) in [5.41, 5.74) is 4.88. The van der Waals surface area contributed by atoms with Gasteiger partial charge in [-0.2, -0.15) is 0 Å². The van der Waals surface area contributed by atoms with Crippen LogP contribution in [0.5, 0.6) is 5.75 Å². The summed E-state index contributed by atoms with van der Waals surface area (Å²) in [6.07, 6.45) is 0. The highest BCUT2D eigenvalue weighted by Gasteiger charge is 2.32. The molecule has 1 aliphatic rings. The molecule has 2 aromatic rings. The third kappa shape index (κ3) is 3.37. The van der Waals surface area contributed by atoms with E-state index in [1.54, 1.807) is 18.9 Å². The fourth-order valence-electron chi connectivity index (χ4n) is 2.75. The highest BCUT2D eigenvalue weighted by atomic mass is 32.2. The summed E-state index contributed by atoms with van der Waals surface area (Å²) in [5, 5.41) is 0.101. The van der Waals surface area contributed by atoms with Crippen molar-refractivity contribution in [2.24, 2.45) is 0 Å². The van der Waals surface area contributed by atoms with Crippen LogP contribution in [0.3, 0.4) is 0 Å². The maximum atomic E-state index is 12.3. The summed E-state index contributed by atoms with van der Waals surface area (Å²) >= 11 is 1.70. The van der Waals surface area contributed by atoms with E-state index in [0.29, 0.717) is 12.3 Å². The van der Waals surface area contributed by atoms with Gasteiger partial charge in [0.1, 0.15) is 11.1 Å². The molecule has 1 aliphatic heterocycles. The quantitative estimate of drug-likeness (QED) is 0.847. The molecule has 1 saturated heterocycles. The molecule has 0 spiro atoms. The number of methoxy groups -OCH3 is 1. The van der Waals surface area contributed by atoms with Crippen LogP contribution in [-0.4, -0.2) is 23.7 Å². The Kier molecular flexibility index (Phi) is 4.62. The molecule has 120 valence electrons. The fraction of sp³-hybridized carbons (Fsp3) is 0.316. The van der Waals surface area contributed by atoms with Crippen LogP contribution in [0.1, 0.15) is 27.6 Å². The van der Waals surface area contributed by atoms with Gasteiger partial charge in [0, 0.05) is 6.54 Å². The molecule has 0 aromatic heterocycles. The summed E-state index contributed by atoms with van der Waals surface area (Å²) in [6, 6.07) is 14.4. The van der Waals surface area contributed by atoms with Crippen LogP contribution < -0.4 is 4.74 Å². The van der Waals surface area contributed by atoms with E-state index in [1.807, 2.05) is 29.2 Å². The van der Waals surface area contributed by atoms with E-state index in [-0.39, 0.29) is 11.3 Å². The molecule has 1 amide bonds. The molecule has 3 rings (SSSR count). The van der Waals surface area contributed by atoms with Crippen molar-refractivity contribution in [1.29, 1.82) is 0 Å². The number of carbonyl (C=O) groups is 1. The van der Waals surface area contributed by atoms with Gasteiger partial charge in [-0.3, -0.25) is 4.79 Å². The molecule has 1 unspecified atom stereocenters. The van der Waals surface area contributed by atoms with Gasteiger partial charge in [0.2, 0.25) is 5.91 Å². The van der Waals surface area contributed by atoms with Gasteiger partial charge in [-0.1, -0.05) is 30.3 Å². The minimum atomic E-state index is 0.101. The number of ether oxygens (including phenoxy) is 1. The lowest BCUT2D eigenvalue weighted by Crippen LogP contribution is -2.27. The number of rotatable bonds is 4. The topological polar surface area (TPSA) is 29.5 Å². The van der Waals surface area contributed by atoms with Crippen LogP contribution in [-0.2, 0) is 11.3 Å². The number of hydrogen-bond acceptors (Lipinski definition) is 3. The molecular formula is C19H21NO2S. The first kappa shape index (κ1) is 15.9. The largest absolute Gasteiger partial charge is 0.497 e. The molecule has 0 bridgehead atoms. The average Bonchev–Trinajstić information content (AvgIpc) is 2.92. The summed E-state index contributed by atoms with van der Waals surface area (Å²) in [4.78, 5) is 14.3. The van der Waals surface area contributed by atoms with Crippen molar-refractivity contribution in [1.82, 2.24) is 4.90 Å². The molecule has 4 heteroatoms. The molecule has 3 nitrogen and oxygen atoms in total. The van der Waals surface area contributed by atoms with Crippen LogP contribution in [0.15, 0.2) is 42.5 Å². The molecule has 23 heavy (non-hydrogen) atoms. The maximum Gasteiger partial charge on any atom is 0.234 e. The van der Waals surface area contributed by atoms with E-state index < -0.39 is 0 Å². The Bertz CT molecular complexity index is 712. The van der Waals surface area contributed by atoms with Gasteiger partial charge in [0.25, 0.3) is 0 Å². The first-order chi connectivity index (χ1) is 11.1. The second-order valence-corrected chi connectivity index (χ2v) is 6.95. The van der Waals surface area contributed by atoms with E-state index in [0.717, 1.165) is 11.3 Å². The molecule has 0 N–H and O–H groups in total. The Morgan fingerprint density at radius 2 is 1.87 bits per heavy atom. The lowest BCUT2D eigenvalue weighted by molar-refractivity contribution is -0.128. The van der Waals surface area contributed by atoms with E-state index in [2.05, 4.69) is 32.0 Å². The van der Waals surface area contributed by atoms with Crippen molar-refractivity contribution >= 4 is 17.7 Å². The Labute approximate surface area is 141 Å². The summed E-state index contributed by atoms with van der Waals surface area (Å²) < 4.78 is 5.19. The zero-order valence-corrected chi connectivity index (χ0v) is 14.5. The van der Waals surface area contributed by atoms with Gasteiger partial charge in [0.05, 0.1) is 12.9 Å². The summed E-state index contributed by atoms with van der Waals surface area (Å²) in [7, 11) is 1.66. The van der Waals surface area contributed by atoms with Crippen LogP contribution in [0, 0.1) is 13.8 Å². The van der Waals surface area contributed by atoms with Gasteiger partial charge in [-0.05, 0) is 48.2 Å². The standard InChI is InChI=1S/C19H21NO2S/c1-13-4-7-16(10-14(13)2)19-20(18(21)12-23-19)11-15-5-8-17(22-3)9-6-15/h4-10,19H,11-12H2,1-3H3. The molecule has 1 heterocycles. The van der Waals surface area contributed by atoms with Crippen molar-refractivity contribution in [3.05, 3.63) is 64.7 Å². The Morgan fingerprint density at radius 3 is 2.52 bits per heavy atom. The maximum absolute atomic E-state index is 12.3. The number of thioether (sulfide) groups is 1. The van der Waals surface area contributed by atoms with Crippen molar-refractivity contribution < 1.29 is 9.53 Å². The van der Waals surface area contributed by atoms with E-state index in [9.17, 15) is 4.79 Å². The van der Waals surface area contributed by atoms with Gasteiger partial charge in [0.15, 0.2) is 0 Å². The molecule has 0 aliphatic carbocycles. The number of benzene rings is 2. The SMILES string of the molecule is COc1ccc(CN2C(=O)CSC2c2ccc(C)c(C)c2)cc1. The third-order valence-electron chi connectivity index (χ3n) is 4.30. The summed E-state index contributed by atoms with van der Waals surface area (Å²) in [6.45, 7) is 4.86. The molecule has 0 saturated carbocycles. The second-order valence-electron chi connectivity index (χ2n) is 5.88. The number of carbonyl (C=O) groups excluding carboxylic acids is 1. The van der Waals surface area contributed by atoms with Crippen LogP contribution in [0.4, 0.5) is 0 Å². The normalized spacial score (nSPS) is 17.6. The van der Waals surface area contributed by atoms with Crippen LogP contribution >= 0.6 is 11.8 Å². The van der Waals surface area contributed by atoms with Gasteiger partial charge in [-0.15, -0.1) is 11.8 Å². The van der Waals surface area contributed by atoms with Crippen molar-refractivity contribution in [3.63, 3.8) is 0 Å². The zero-order chi connectivity index (χ0) is 16.4. The minimum absolute atomic E-state index is 0.101. The van der Waals surface area contributed by atoms with Crippen molar-refractivity contribution in [2.45, 2.75) is 25.8 Å². The third-order valence-corrected chi connectivity index (χ3v) is 5.55. The molecule has 1 fully saturated rings. The van der Waals surface area contributed by atoms with Crippen LogP contribution in [0.25, 0.3) is 0 Å². The fourth-order valence-corrected chi connectivity index (χ4v) is 3.92. The monoisotopic (exact) mass is 327 g/mol. The number of amides is 1. The van der Waals surface area contributed by atoms with Gasteiger partial charge >= 0.3 is 0 Å². The van der Waals surface area contributed by atoms with Crippen LogP contribution in [0.2, 0.25) is 0 Å². The molecular weight excluding hydrogens is 306 g/mol. The van der Waals surface area contributed by atoms with Gasteiger partial charge in [-0.25, -0.2) is 0 Å². The van der Waals surface area contributed by atoms with Crippen molar-refractivity contribution in [3.8, 4) is 5.75 Å². The first-order valence-electron chi connectivity index (χ1n) is 7.69. The van der Waals surface area contributed by atoms with Gasteiger partial charge < -0.3 is 9.64 Å². The van der Waals surface area contributed by atoms with Crippen molar-refractivity contribution in [2.75, 3.05) is 12.9 Å². The van der Waals surface area contributed by atoms with E-state index >= 15 is 0 Å². The molecule has 1 atom stereocenters.